The molecule has 1 aliphatic heterocycles. The Balaban J connectivity index is 2.29. The van der Waals surface area contributed by atoms with Crippen molar-refractivity contribution < 1.29 is 28.7 Å². The van der Waals surface area contributed by atoms with Crippen LogP contribution in [0.5, 0.6) is 0 Å². The van der Waals surface area contributed by atoms with E-state index in [2.05, 4.69) is 20.2 Å². The molecule has 1 atom stereocenters. The van der Waals surface area contributed by atoms with Gasteiger partial charge in [-0.25, -0.2) is 9.97 Å². The molecule has 0 spiro atoms. The van der Waals surface area contributed by atoms with Crippen LogP contribution in [0.15, 0.2) is 6.20 Å². The van der Waals surface area contributed by atoms with E-state index in [9.17, 15) is 19.7 Å². The van der Waals surface area contributed by atoms with Crippen LogP contribution in [0.2, 0.25) is 0 Å². The second-order valence-electron chi connectivity index (χ2n) is 8.69. The minimum atomic E-state index is -1.70. The SMILES string of the molecule is CCOC(=O)C(C(=O)OC(C)(C)C)c1nc(NC2CCN(CCOC)CC2)ncc1[N+](=O)[O-]. The summed E-state index contributed by atoms with van der Waals surface area (Å²) in [6, 6.07) is 0.0423. The topological polar surface area (TPSA) is 146 Å². The lowest BCUT2D eigenvalue weighted by molar-refractivity contribution is -0.386. The highest BCUT2D eigenvalue weighted by atomic mass is 16.6. The number of hydrogen-bond acceptors (Lipinski definition) is 11. The first-order chi connectivity index (χ1) is 15.6. The lowest BCUT2D eigenvalue weighted by atomic mass is 10.0. The monoisotopic (exact) mass is 467 g/mol. The number of carbonyl (C=O) groups excluding carboxylic acids is 2. The number of methoxy groups -OCH3 is 1. The normalized spacial score (nSPS) is 16.2. The first-order valence-corrected chi connectivity index (χ1v) is 10.9. The second kappa shape index (κ2) is 11.8. The van der Waals surface area contributed by atoms with Gasteiger partial charge in [0.2, 0.25) is 11.9 Å². The molecule has 1 N–H and O–H groups in total. The van der Waals surface area contributed by atoms with E-state index in [0.717, 1.165) is 38.7 Å². The largest absolute Gasteiger partial charge is 0.465 e. The number of piperidine rings is 1. The third kappa shape index (κ3) is 7.90. The summed E-state index contributed by atoms with van der Waals surface area (Å²) in [4.78, 5) is 46.9. The van der Waals surface area contributed by atoms with Gasteiger partial charge in [0.1, 0.15) is 17.5 Å². The van der Waals surface area contributed by atoms with Crippen molar-refractivity contribution in [2.24, 2.45) is 0 Å². The van der Waals surface area contributed by atoms with Gasteiger partial charge in [-0.15, -0.1) is 0 Å². The number of ether oxygens (including phenoxy) is 3. The molecule has 0 radical (unpaired) electrons. The number of carbonyl (C=O) groups is 2. The Kier molecular flexibility index (Phi) is 9.47. The number of likely N-dealkylation sites (tertiary alicyclic amines) is 1. The average Bonchev–Trinajstić information content (AvgIpc) is 2.72. The summed E-state index contributed by atoms with van der Waals surface area (Å²) in [5.74, 6) is -3.54. The number of rotatable bonds is 10. The minimum Gasteiger partial charge on any atom is -0.465 e. The maximum Gasteiger partial charge on any atom is 0.327 e. The molecule has 12 nitrogen and oxygen atoms in total. The molecule has 1 saturated heterocycles. The maximum absolute atomic E-state index is 12.8. The van der Waals surface area contributed by atoms with Gasteiger partial charge in [0.15, 0.2) is 0 Å². The van der Waals surface area contributed by atoms with Crippen LogP contribution in [-0.4, -0.2) is 83.3 Å². The van der Waals surface area contributed by atoms with Gasteiger partial charge in [-0.2, -0.15) is 0 Å². The number of aromatic nitrogens is 2. The lowest BCUT2D eigenvalue weighted by Gasteiger charge is -2.32. The van der Waals surface area contributed by atoms with E-state index in [1.54, 1.807) is 34.8 Å². The molecule has 33 heavy (non-hydrogen) atoms. The molecule has 0 bridgehead atoms. The van der Waals surface area contributed by atoms with Crippen LogP contribution < -0.4 is 5.32 Å². The Bertz CT molecular complexity index is 835. The maximum atomic E-state index is 12.8. The third-order valence-corrected chi connectivity index (χ3v) is 4.97. The van der Waals surface area contributed by atoms with Gasteiger partial charge in [-0.1, -0.05) is 0 Å². The molecule has 2 heterocycles. The van der Waals surface area contributed by atoms with E-state index in [4.69, 9.17) is 14.2 Å². The van der Waals surface area contributed by atoms with Crippen LogP contribution in [0.25, 0.3) is 0 Å². The van der Waals surface area contributed by atoms with Crippen LogP contribution in [0.3, 0.4) is 0 Å². The highest BCUT2D eigenvalue weighted by molar-refractivity contribution is 6.01. The van der Waals surface area contributed by atoms with E-state index in [0.29, 0.717) is 6.61 Å². The van der Waals surface area contributed by atoms with E-state index >= 15 is 0 Å². The van der Waals surface area contributed by atoms with Crippen LogP contribution >= 0.6 is 0 Å². The molecule has 1 aromatic rings. The van der Waals surface area contributed by atoms with Crippen molar-refractivity contribution >= 4 is 23.6 Å². The second-order valence-corrected chi connectivity index (χ2v) is 8.69. The van der Waals surface area contributed by atoms with Gasteiger partial charge in [-0.05, 0) is 40.5 Å². The quantitative estimate of drug-likeness (QED) is 0.233. The first kappa shape index (κ1) is 26.4. The first-order valence-electron chi connectivity index (χ1n) is 10.9. The van der Waals surface area contributed by atoms with Gasteiger partial charge < -0.3 is 24.4 Å². The number of nitrogens with one attached hydrogen (secondary N) is 1. The highest BCUT2D eigenvalue weighted by Gasteiger charge is 2.40. The molecule has 12 heteroatoms. The molecule has 0 amide bonds. The Labute approximate surface area is 193 Å². The van der Waals surface area contributed by atoms with Crippen molar-refractivity contribution in [1.82, 2.24) is 14.9 Å². The van der Waals surface area contributed by atoms with Gasteiger partial charge in [0, 0.05) is 32.8 Å². The van der Waals surface area contributed by atoms with Crippen molar-refractivity contribution in [2.75, 3.05) is 45.3 Å². The van der Waals surface area contributed by atoms with Crippen LogP contribution in [0, 0.1) is 10.1 Å². The average molecular weight is 468 g/mol. The number of esters is 2. The fourth-order valence-corrected chi connectivity index (χ4v) is 3.42. The Morgan fingerprint density at radius 1 is 1.30 bits per heavy atom. The Morgan fingerprint density at radius 3 is 2.52 bits per heavy atom. The Morgan fingerprint density at radius 2 is 1.97 bits per heavy atom. The number of anilines is 1. The molecule has 2 rings (SSSR count). The Hall–Kier alpha value is -2.86. The van der Waals surface area contributed by atoms with Crippen LogP contribution in [0.1, 0.15) is 52.1 Å². The van der Waals surface area contributed by atoms with Gasteiger partial charge >= 0.3 is 17.6 Å². The predicted molar refractivity (Wildman–Crippen MR) is 119 cm³/mol. The standard InChI is InChI=1S/C21H33N5O7/c1-6-32-18(27)16(19(28)33-21(2,3)4)17-15(26(29)30)13-22-20(24-17)23-14-7-9-25(10-8-14)11-12-31-5/h13-14,16H,6-12H2,1-5H3,(H,22,23,24). The molecule has 1 unspecified atom stereocenters. The zero-order valence-corrected chi connectivity index (χ0v) is 19.8. The van der Waals surface area contributed by atoms with E-state index in [-0.39, 0.29) is 24.3 Å². The zero-order valence-electron chi connectivity index (χ0n) is 19.8. The molecule has 184 valence electrons. The van der Waals surface area contributed by atoms with Crippen molar-refractivity contribution in [3.05, 3.63) is 22.0 Å². The lowest BCUT2D eigenvalue weighted by Crippen LogP contribution is -2.40. The van der Waals surface area contributed by atoms with E-state index < -0.39 is 34.1 Å². The summed E-state index contributed by atoms with van der Waals surface area (Å²) in [7, 11) is 1.67. The van der Waals surface area contributed by atoms with Crippen molar-refractivity contribution in [2.45, 2.75) is 58.1 Å². The summed E-state index contributed by atoms with van der Waals surface area (Å²) in [6.45, 7) is 9.67. The summed E-state index contributed by atoms with van der Waals surface area (Å²) >= 11 is 0. The van der Waals surface area contributed by atoms with Crippen molar-refractivity contribution in [3.8, 4) is 0 Å². The molecule has 0 saturated carbocycles. The van der Waals surface area contributed by atoms with Crippen LogP contribution in [0.4, 0.5) is 11.6 Å². The molecule has 0 aliphatic carbocycles. The van der Waals surface area contributed by atoms with Gasteiger partial charge in [0.25, 0.3) is 0 Å². The predicted octanol–water partition coefficient (Wildman–Crippen LogP) is 1.90. The molecular formula is C21H33N5O7. The third-order valence-electron chi connectivity index (χ3n) is 4.97. The van der Waals surface area contributed by atoms with Crippen LogP contribution in [-0.2, 0) is 23.8 Å². The number of hydrogen-bond donors (Lipinski definition) is 1. The summed E-state index contributed by atoms with van der Waals surface area (Å²) in [5.41, 5.74) is -1.83. The van der Waals surface area contributed by atoms with E-state index in [1.165, 1.54) is 0 Å². The molecule has 1 aliphatic rings. The summed E-state index contributed by atoms with van der Waals surface area (Å²) in [6.07, 6.45) is 2.62. The zero-order chi connectivity index (χ0) is 24.6. The van der Waals surface area contributed by atoms with Gasteiger partial charge in [0.05, 0.1) is 18.1 Å². The smallest absolute Gasteiger partial charge is 0.327 e. The minimum absolute atomic E-state index is 0.0102. The fourth-order valence-electron chi connectivity index (χ4n) is 3.42. The summed E-state index contributed by atoms with van der Waals surface area (Å²) < 4.78 is 15.4. The molecular weight excluding hydrogens is 434 g/mol. The molecule has 1 aromatic heterocycles. The number of nitrogens with zero attached hydrogens (tertiary/aromatic N) is 4. The van der Waals surface area contributed by atoms with E-state index in [1.807, 2.05) is 0 Å². The van der Waals surface area contributed by atoms with Gasteiger partial charge in [-0.3, -0.25) is 19.7 Å². The van der Waals surface area contributed by atoms with Crippen molar-refractivity contribution in [1.29, 1.82) is 0 Å². The summed E-state index contributed by atoms with van der Waals surface area (Å²) in [5, 5.41) is 14.8. The highest BCUT2D eigenvalue weighted by Crippen LogP contribution is 2.29. The molecule has 1 fully saturated rings. The van der Waals surface area contributed by atoms with Crippen molar-refractivity contribution in [3.63, 3.8) is 0 Å². The molecule has 0 aromatic carbocycles. The number of nitro groups is 1. The fraction of sp³-hybridized carbons (Fsp3) is 0.714.